The first-order valence-electron chi connectivity index (χ1n) is 11.2. The van der Waals surface area contributed by atoms with Gasteiger partial charge in [-0.25, -0.2) is 0 Å². The molecule has 0 nitrogen and oxygen atoms in total. The molecule has 0 fully saturated rings. The van der Waals surface area contributed by atoms with E-state index >= 15 is 0 Å². The van der Waals surface area contributed by atoms with Gasteiger partial charge >= 0.3 is 0 Å². The monoisotopic (exact) mass is 438 g/mol. The third-order valence-electron chi connectivity index (χ3n) is 6.13. The van der Waals surface area contributed by atoms with Crippen molar-refractivity contribution in [2.75, 3.05) is 0 Å². The Morgan fingerprint density at radius 1 is 0.303 bits per heavy atom. The van der Waals surface area contributed by atoms with E-state index in [1.165, 1.54) is 53.9 Å². The van der Waals surface area contributed by atoms with Crippen LogP contribution in [0.4, 0.5) is 0 Å². The van der Waals surface area contributed by atoms with Gasteiger partial charge in [-0.15, -0.1) is 11.3 Å². The highest BCUT2D eigenvalue weighted by atomic mass is 32.1. The summed E-state index contributed by atoms with van der Waals surface area (Å²) in [6, 6.07) is 47.7. The molecule has 6 rings (SSSR count). The van der Waals surface area contributed by atoms with E-state index in [0.29, 0.717) is 0 Å². The van der Waals surface area contributed by atoms with Gasteiger partial charge in [-0.05, 0) is 22.3 Å². The fraction of sp³-hybridized carbons (Fsp3) is 0. The Bertz CT molecular complexity index is 1430. The molecule has 156 valence electrons. The molecule has 0 saturated heterocycles. The molecular formula is C32H22S. The normalized spacial score (nSPS) is 11.0. The van der Waals surface area contributed by atoms with E-state index in [1.807, 2.05) is 11.3 Å². The molecule has 0 unspecified atom stereocenters. The largest absolute Gasteiger partial charge is 0.134 e. The third-order valence-corrected chi connectivity index (χ3v) is 7.42. The van der Waals surface area contributed by atoms with Crippen molar-refractivity contribution in [3.8, 4) is 43.1 Å². The van der Waals surface area contributed by atoms with Crippen molar-refractivity contribution in [2.45, 2.75) is 0 Å². The standard InChI is InChI=1S/C32H22S/c1-3-13-23(14-4-1)25-17-7-9-19-27(25)31-29-21-11-12-22-30(29)32(33-31)28-20-10-8-18-26(28)24-15-5-2-6-16-24/h1-22H. The van der Waals surface area contributed by atoms with Crippen molar-refractivity contribution in [1.82, 2.24) is 0 Å². The average molecular weight is 439 g/mol. The minimum atomic E-state index is 1.25. The lowest BCUT2D eigenvalue weighted by molar-refractivity contribution is 1.62. The van der Waals surface area contributed by atoms with Crippen LogP contribution in [-0.2, 0) is 0 Å². The minimum absolute atomic E-state index is 1.25. The van der Waals surface area contributed by atoms with Crippen LogP contribution in [0.25, 0.3) is 53.9 Å². The highest BCUT2D eigenvalue weighted by molar-refractivity contribution is 7.21. The molecular weight excluding hydrogens is 416 g/mol. The summed E-state index contributed by atoms with van der Waals surface area (Å²) in [4.78, 5) is 2.64. The quantitative estimate of drug-likeness (QED) is 0.257. The number of rotatable bonds is 4. The second kappa shape index (κ2) is 8.54. The second-order valence-electron chi connectivity index (χ2n) is 8.13. The lowest BCUT2D eigenvalue weighted by Crippen LogP contribution is -1.82. The van der Waals surface area contributed by atoms with Crippen LogP contribution in [0, 0.1) is 0 Å². The van der Waals surface area contributed by atoms with Gasteiger partial charge in [0.2, 0.25) is 0 Å². The van der Waals surface area contributed by atoms with Crippen molar-refractivity contribution < 1.29 is 0 Å². The Kier molecular flexibility index (Phi) is 5.10. The third kappa shape index (κ3) is 3.57. The fourth-order valence-electron chi connectivity index (χ4n) is 4.59. The van der Waals surface area contributed by atoms with E-state index in [0.717, 1.165) is 0 Å². The van der Waals surface area contributed by atoms with Crippen LogP contribution in [0.3, 0.4) is 0 Å². The molecule has 0 aliphatic rings. The van der Waals surface area contributed by atoms with Crippen molar-refractivity contribution in [3.63, 3.8) is 0 Å². The molecule has 1 heteroatoms. The predicted octanol–water partition coefficient (Wildman–Crippen LogP) is 9.57. The maximum Gasteiger partial charge on any atom is 0.0434 e. The topological polar surface area (TPSA) is 0 Å². The second-order valence-corrected chi connectivity index (χ2v) is 9.15. The van der Waals surface area contributed by atoms with E-state index in [4.69, 9.17) is 0 Å². The van der Waals surface area contributed by atoms with Gasteiger partial charge in [-0.1, -0.05) is 133 Å². The van der Waals surface area contributed by atoms with Gasteiger partial charge < -0.3 is 0 Å². The highest BCUT2D eigenvalue weighted by Crippen LogP contribution is 2.48. The molecule has 1 aromatic heterocycles. The van der Waals surface area contributed by atoms with Crippen molar-refractivity contribution >= 4 is 22.1 Å². The molecule has 0 aliphatic carbocycles. The fourth-order valence-corrected chi connectivity index (χ4v) is 5.95. The van der Waals surface area contributed by atoms with Crippen LogP contribution in [0.5, 0.6) is 0 Å². The average Bonchev–Trinajstić information content (AvgIpc) is 3.29. The van der Waals surface area contributed by atoms with Crippen LogP contribution in [-0.4, -0.2) is 0 Å². The van der Waals surface area contributed by atoms with Gasteiger partial charge in [0, 0.05) is 31.7 Å². The van der Waals surface area contributed by atoms with E-state index in [-0.39, 0.29) is 0 Å². The lowest BCUT2D eigenvalue weighted by Gasteiger charge is -2.09. The number of fused-ring (bicyclic) bond motifs is 1. The molecule has 0 bridgehead atoms. The summed E-state index contributed by atoms with van der Waals surface area (Å²) < 4.78 is 0. The Morgan fingerprint density at radius 2 is 0.636 bits per heavy atom. The summed E-state index contributed by atoms with van der Waals surface area (Å²) in [5, 5.41) is 2.62. The summed E-state index contributed by atoms with van der Waals surface area (Å²) >= 11 is 1.90. The Morgan fingerprint density at radius 3 is 1.06 bits per heavy atom. The van der Waals surface area contributed by atoms with E-state index < -0.39 is 0 Å². The van der Waals surface area contributed by atoms with Crippen LogP contribution < -0.4 is 0 Å². The summed E-state index contributed by atoms with van der Waals surface area (Å²) in [6.45, 7) is 0. The Labute approximate surface area is 198 Å². The molecule has 0 aliphatic heterocycles. The summed E-state index contributed by atoms with van der Waals surface area (Å²) in [5.41, 5.74) is 7.61. The van der Waals surface area contributed by atoms with E-state index in [9.17, 15) is 0 Å². The van der Waals surface area contributed by atoms with Crippen LogP contribution in [0.15, 0.2) is 133 Å². The molecule has 5 aromatic carbocycles. The van der Waals surface area contributed by atoms with Gasteiger partial charge in [0.25, 0.3) is 0 Å². The Hall–Kier alpha value is -3.94. The minimum Gasteiger partial charge on any atom is -0.134 e. The van der Waals surface area contributed by atoms with Crippen LogP contribution in [0.2, 0.25) is 0 Å². The van der Waals surface area contributed by atoms with Gasteiger partial charge in [-0.2, -0.15) is 0 Å². The van der Waals surface area contributed by atoms with Crippen molar-refractivity contribution in [3.05, 3.63) is 133 Å². The molecule has 0 N–H and O–H groups in total. The van der Waals surface area contributed by atoms with Crippen molar-refractivity contribution in [2.24, 2.45) is 0 Å². The van der Waals surface area contributed by atoms with E-state index in [2.05, 4.69) is 133 Å². The first kappa shape index (κ1) is 19.7. The van der Waals surface area contributed by atoms with Gasteiger partial charge in [0.1, 0.15) is 0 Å². The first-order chi connectivity index (χ1) is 16.4. The zero-order chi connectivity index (χ0) is 22.0. The van der Waals surface area contributed by atoms with Crippen LogP contribution in [0.1, 0.15) is 0 Å². The maximum atomic E-state index is 2.26. The smallest absolute Gasteiger partial charge is 0.0434 e. The van der Waals surface area contributed by atoms with Gasteiger partial charge in [-0.3, -0.25) is 0 Å². The van der Waals surface area contributed by atoms with Crippen molar-refractivity contribution in [1.29, 1.82) is 0 Å². The molecule has 0 spiro atoms. The predicted molar refractivity (Wildman–Crippen MR) is 144 cm³/mol. The molecule has 1 heterocycles. The lowest BCUT2D eigenvalue weighted by atomic mass is 9.95. The highest BCUT2D eigenvalue weighted by Gasteiger charge is 2.18. The number of hydrogen-bond acceptors (Lipinski definition) is 1. The number of hydrogen-bond donors (Lipinski definition) is 0. The molecule has 6 aromatic rings. The van der Waals surface area contributed by atoms with Crippen LogP contribution >= 0.6 is 11.3 Å². The molecule has 0 amide bonds. The Balaban J connectivity index is 1.61. The van der Waals surface area contributed by atoms with Gasteiger partial charge in [0.05, 0.1) is 0 Å². The summed E-state index contributed by atoms with van der Waals surface area (Å²) in [7, 11) is 0. The summed E-state index contributed by atoms with van der Waals surface area (Å²) in [5.74, 6) is 0. The SMILES string of the molecule is c1ccc(-c2ccccc2-c2sc(-c3ccccc3-c3ccccc3)c3ccccc23)cc1. The molecule has 33 heavy (non-hydrogen) atoms. The van der Waals surface area contributed by atoms with Gasteiger partial charge in [0.15, 0.2) is 0 Å². The summed E-state index contributed by atoms with van der Waals surface area (Å²) in [6.07, 6.45) is 0. The maximum absolute atomic E-state index is 2.26. The molecule has 0 saturated carbocycles. The number of thiophene rings is 1. The van der Waals surface area contributed by atoms with E-state index in [1.54, 1.807) is 0 Å². The zero-order valence-corrected chi connectivity index (χ0v) is 18.9. The molecule has 0 atom stereocenters. The first-order valence-corrected chi connectivity index (χ1v) is 12.0. The molecule has 0 radical (unpaired) electrons. The number of benzene rings is 5. The zero-order valence-electron chi connectivity index (χ0n) is 18.1.